The zero-order chi connectivity index (χ0) is 31.2. The van der Waals surface area contributed by atoms with Crippen LogP contribution in [0.4, 0.5) is 0 Å². The predicted octanol–water partition coefficient (Wildman–Crippen LogP) is 3.28. The number of benzene rings is 2. The summed E-state index contributed by atoms with van der Waals surface area (Å²) in [5, 5.41) is 4.90. The summed E-state index contributed by atoms with van der Waals surface area (Å²) in [6.45, 7) is 12.2. The number of likely N-dealkylation sites (tertiary alicyclic amines) is 2. The molecule has 0 aromatic heterocycles. The van der Waals surface area contributed by atoms with Crippen molar-refractivity contribution in [1.82, 2.24) is 14.1 Å². The number of methoxy groups -OCH3 is 2. The van der Waals surface area contributed by atoms with E-state index in [0.717, 1.165) is 48.6 Å². The Hall–Kier alpha value is -2.22. The van der Waals surface area contributed by atoms with Gasteiger partial charge < -0.3 is 9.47 Å². The van der Waals surface area contributed by atoms with E-state index < -0.39 is 20.0 Å². The third kappa shape index (κ3) is 9.92. The van der Waals surface area contributed by atoms with Gasteiger partial charge in [0.2, 0.25) is 20.0 Å². The topological polar surface area (TPSA) is 122 Å². The van der Waals surface area contributed by atoms with Crippen molar-refractivity contribution in [3.05, 3.63) is 59.7 Å². The van der Waals surface area contributed by atoms with Gasteiger partial charge in [0.05, 0.1) is 25.7 Å². The quantitative estimate of drug-likeness (QED) is 0.360. The van der Waals surface area contributed by atoms with Crippen LogP contribution < -0.4 is 14.6 Å². The molecule has 2 aliphatic rings. The molecule has 0 spiro atoms. The molecule has 0 saturated carbocycles. The van der Waals surface area contributed by atoms with Gasteiger partial charge >= 0.3 is 0 Å². The van der Waals surface area contributed by atoms with Crippen LogP contribution in [0, 0.1) is 0 Å². The minimum atomic E-state index is -3.44. The summed E-state index contributed by atoms with van der Waals surface area (Å²) in [7, 11) is -3.49. The van der Waals surface area contributed by atoms with Crippen molar-refractivity contribution in [2.45, 2.75) is 64.7 Å². The lowest BCUT2D eigenvalue weighted by molar-refractivity contribution is 0.0223. The second-order valence-corrected chi connectivity index (χ2v) is 16.1. The first kappa shape index (κ1) is 34.3. The molecule has 2 aliphatic heterocycles. The lowest BCUT2D eigenvalue weighted by Gasteiger charge is -2.48. The van der Waals surface area contributed by atoms with Gasteiger partial charge in [0, 0.05) is 50.3 Å². The van der Waals surface area contributed by atoms with E-state index in [1.165, 1.54) is 0 Å². The van der Waals surface area contributed by atoms with Crippen molar-refractivity contribution >= 4 is 20.0 Å². The molecule has 42 heavy (non-hydrogen) atoms. The number of hydrogen-bond donors (Lipinski definition) is 1. The molecule has 0 bridgehead atoms. The summed E-state index contributed by atoms with van der Waals surface area (Å²) in [5.41, 5.74) is 2.12. The van der Waals surface area contributed by atoms with Crippen molar-refractivity contribution in [2.24, 2.45) is 5.14 Å². The number of nitrogens with two attached hydrogens (primary N) is 1. The fourth-order valence-electron chi connectivity index (χ4n) is 4.98. The summed E-state index contributed by atoms with van der Waals surface area (Å²) < 4.78 is 59.9. The lowest BCUT2D eigenvalue weighted by atomic mass is 9.89. The Balaban J connectivity index is 0.000000337. The van der Waals surface area contributed by atoms with E-state index in [1.54, 1.807) is 18.5 Å². The summed E-state index contributed by atoms with van der Waals surface area (Å²) in [5.74, 6) is 1.69. The Kier molecular flexibility index (Phi) is 11.5. The molecule has 12 heteroatoms. The van der Waals surface area contributed by atoms with E-state index in [2.05, 4.69) is 37.5 Å². The van der Waals surface area contributed by atoms with Crippen molar-refractivity contribution < 1.29 is 26.3 Å². The Morgan fingerprint density at radius 2 is 1.10 bits per heavy atom. The van der Waals surface area contributed by atoms with Crippen molar-refractivity contribution in [3.8, 4) is 11.5 Å². The first-order valence-corrected chi connectivity index (χ1v) is 17.6. The highest BCUT2D eigenvalue weighted by molar-refractivity contribution is 7.89. The summed E-state index contributed by atoms with van der Waals surface area (Å²) in [6.07, 6.45) is 2.24. The highest BCUT2D eigenvalue weighted by atomic mass is 32.2. The average molecular weight is 625 g/mol. The van der Waals surface area contributed by atoms with Crippen molar-refractivity contribution in [1.29, 1.82) is 0 Å². The van der Waals surface area contributed by atoms with Gasteiger partial charge in [-0.25, -0.2) is 22.0 Å². The van der Waals surface area contributed by atoms with Crippen LogP contribution in [-0.4, -0.2) is 93.9 Å². The van der Waals surface area contributed by atoms with Gasteiger partial charge in [0.15, 0.2) is 0 Å². The van der Waals surface area contributed by atoms with Crippen LogP contribution in [0.3, 0.4) is 0 Å². The zero-order valence-electron chi connectivity index (χ0n) is 25.9. The molecule has 0 aliphatic carbocycles. The molecular formula is C30H48N4O6S2. The van der Waals surface area contributed by atoms with Gasteiger partial charge in [0.1, 0.15) is 11.5 Å². The van der Waals surface area contributed by atoms with Gasteiger partial charge in [-0.15, -0.1) is 0 Å². The van der Waals surface area contributed by atoms with Gasteiger partial charge in [-0.05, 0) is 75.9 Å². The number of hydrogen-bond acceptors (Lipinski definition) is 8. The fraction of sp³-hybridized carbons (Fsp3) is 0.600. The van der Waals surface area contributed by atoms with E-state index in [0.29, 0.717) is 26.2 Å². The van der Waals surface area contributed by atoms with Gasteiger partial charge in [-0.3, -0.25) is 9.80 Å². The molecule has 2 saturated heterocycles. The lowest BCUT2D eigenvalue weighted by Crippen LogP contribution is -2.57. The highest BCUT2D eigenvalue weighted by Crippen LogP contribution is 2.30. The second-order valence-electron chi connectivity index (χ2n) is 12.2. The number of rotatable bonds is 13. The molecule has 2 fully saturated rings. The van der Waals surface area contributed by atoms with Crippen molar-refractivity contribution in [2.75, 3.05) is 51.9 Å². The van der Waals surface area contributed by atoms with Crippen LogP contribution in [0.25, 0.3) is 0 Å². The summed E-state index contributed by atoms with van der Waals surface area (Å²) in [4.78, 5) is 4.38. The molecule has 2 N–H and O–H groups in total. The van der Waals surface area contributed by atoms with Gasteiger partial charge in [-0.2, -0.15) is 4.31 Å². The van der Waals surface area contributed by atoms with Crippen molar-refractivity contribution in [3.63, 3.8) is 0 Å². The first-order valence-electron chi connectivity index (χ1n) is 14.3. The Morgan fingerprint density at radius 3 is 1.38 bits per heavy atom. The molecule has 0 radical (unpaired) electrons. The van der Waals surface area contributed by atoms with Crippen LogP contribution in [0.1, 0.15) is 51.7 Å². The van der Waals surface area contributed by atoms with Crippen LogP contribution in [0.5, 0.6) is 11.5 Å². The fourth-order valence-corrected chi connectivity index (χ4v) is 6.85. The van der Waals surface area contributed by atoms with Crippen LogP contribution in [-0.2, 0) is 33.1 Å². The number of nitrogens with zero attached hydrogens (tertiary/aromatic N) is 3. The van der Waals surface area contributed by atoms with Gasteiger partial charge in [-0.1, -0.05) is 24.3 Å². The van der Waals surface area contributed by atoms with E-state index in [-0.39, 0.29) is 22.6 Å². The number of primary sulfonamides is 1. The standard InChI is InChI=1S/C23H32N2O4S.C7H16N2O2S/c1-23(2)13-14-24(23)15-16-30(26,27)25(17-19-5-9-21(28-3)10-6-19)18-20-7-11-22(29-4)12-8-20;1-7(2)3-4-9(7)5-6-12(8,10)11/h5-12H,13-18H2,1-4H3;3-6H2,1-2H3,(H2,8,10,11). The molecule has 0 unspecified atom stereocenters. The monoisotopic (exact) mass is 624 g/mol. The van der Waals surface area contributed by atoms with Crippen LogP contribution >= 0.6 is 0 Å². The highest BCUT2D eigenvalue weighted by Gasteiger charge is 2.37. The maximum absolute atomic E-state index is 13.3. The van der Waals surface area contributed by atoms with E-state index >= 15 is 0 Å². The van der Waals surface area contributed by atoms with Crippen LogP contribution in [0.2, 0.25) is 0 Å². The minimum absolute atomic E-state index is 0.0659. The molecule has 4 rings (SSSR count). The van der Waals surface area contributed by atoms with E-state index in [1.807, 2.05) is 48.5 Å². The first-order chi connectivity index (χ1) is 19.5. The molecular weight excluding hydrogens is 576 g/mol. The smallest absolute Gasteiger partial charge is 0.215 e. The molecule has 0 atom stereocenters. The summed E-state index contributed by atoms with van der Waals surface area (Å²) >= 11 is 0. The SMILES string of the molecule is CC1(C)CCN1CCS(N)(=O)=O.COc1ccc(CN(Cc2ccc(OC)cc2)S(=O)(=O)CCN2CCC2(C)C)cc1. The third-order valence-electron chi connectivity index (χ3n) is 8.39. The number of sulfonamides is 2. The molecule has 2 aromatic rings. The normalized spacial score (nSPS) is 18.4. The van der Waals surface area contributed by atoms with E-state index in [9.17, 15) is 16.8 Å². The molecule has 0 amide bonds. The van der Waals surface area contributed by atoms with Crippen LogP contribution in [0.15, 0.2) is 48.5 Å². The maximum Gasteiger partial charge on any atom is 0.215 e. The molecule has 236 valence electrons. The minimum Gasteiger partial charge on any atom is -0.497 e. The molecule has 2 heterocycles. The second kappa shape index (κ2) is 14.0. The Labute approximate surface area is 252 Å². The zero-order valence-corrected chi connectivity index (χ0v) is 27.5. The Morgan fingerprint density at radius 1 is 0.714 bits per heavy atom. The average Bonchev–Trinajstić information content (AvgIpc) is 2.92. The third-order valence-corrected chi connectivity index (χ3v) is 10.9. The van der Waals surface area contributed by atoms with E-state index in [4.69, 9.17) is 14.6 Å². The molecule has 10 nitrogen and oxygen atoms in total. The maximum atomic E-state index is 13.3. The predicted molar refractivity (Wildman–Crippen MR) is 168 cm³/mol. The largest absolute Gasteiger partial charge is 0.497 e. The summed E-state index contributed by atoms with van der Waals surface area (Å²) in [6, 6.07) is 15.1. The Bertz CT molecular complexity index is 1310. The van der Waals surface area contributed by atoms with Gasteiger partial charge in [0.25, 0.3) is 0 Å². The molecule has 2 aromatic carbocycles. The number of ether oxygens (including phenoxy) is 2.